The van der Waals surface area contributed by atoms with Crippen molar-refractivity contribution in [2.24, 2.45) is 0 Å². The number of nitrogens with zero attached hydrogens (tertiary/aromatic N) is 2. The number of carbonyl (C=O) groups excluding carboxylic acids is 1. The van der Waals surface area contributed by atoms with Crippen molar-refractivity contribution < 1.29 is 14.3 Å². The van der Waals surface area contributed by atoms with Crippen LogP contribution in [0.4, 0.5) is 0 Å². The number of imidazole rings is 1. The molecule has 1 aromatic carbocycles. The van der Waals surface area contributed by atoms with Gasteiger partial charge >= 0.3 is 0 Å². The van der Waals surface area contributed by atoms with Crippen molar-refractivity contribution in [2.75, 3.05) is 13.2 Å². The number of aryl methyl sites for hydroxylation is 1. The third-order valence-corrected chi connectivity index (χ3v) is 3.75. The molecular weight excluding hydrogens is 280 g/mol. The lowest BCUT2D eigenvalue weighted by Gasteiger charge is -2.18. The summed E-state index contributed by atoms with van der Waals surface area (Å²) >= 11 is 0. The van der Waals surface area contributed by atoms with E-state index in [1.807, 2.05) is 43.5 Å². The van der Waals surface area contributed by atoms with Gasteiger partial charge in [-0.3, -0.25) is 9.20 Å². The van der Waals surface area contributed by atoms with Gasteiger partial charge in [0, 0.05) is 11.8 Å². The Balaban J connectivity index is 1.91. The average molecular weight is 294 g/mol. The second kappa shape index (κ2) is 4.87. The average Bonchev–Trinajstić information content (AvgIpc) is 2.91. The molecule has 1 aliphatic rings. The number of pyridine rings is 1. The quantitative estimate of drug-likeness (QED) is 0.682. The molecule has 3 heterocycles. The summed E-state index contributed by atoms with van der Waals surface area (Å²) < 4.78 is 12.9. The van der Waals surface area contributed by atoms with E-state index in [4.69, 9.17) is 9.47 Å². The van der Waals surface area contributed by atoms with Crippen LogP contribution in [0.25, 0.3) is 16.9 Å². The molecule has 0 N–H and O–H groups in total. The van der Waals surface area contributed by atoms with E-state index in [1.54, 1.807) is 4.40 Å². The molecule has 3 aromatic rings. The largest absolute Gasteiger partial charge is 0.486 e. The number of aromatic nitrogens is 2. The van der Waals surface area contributed by atoms with Crippen molar-refractivity contribution in [2.45, 2.75) is 6.92 Å². The van der Waals surface area contributed by atoms with Gasteiger partial charge in [-0.2, -0.15) is 0 Å². The van der Waals surface area contributed by atoms with Crippen molar-refractivity contribution in [1.82, 2.24) is 9.38 Å². The summed E-state index contributed by atoms with van der Waals surface area (Å²) in [6, 6.07) is 9.53. The Morgan fingerprint density at radius 3 is 2.77 bits per heavy atom. The first kappa shape index (κ1) is 12.9. The van der Waals surface area contributed by atoms with Gasteiger partial charge < -0.3 is 9.47 Å². The van der Waals surface area contributed by atoms with E-state index < -0.39 is 0 Å². The molecular formula is C17H14N2O3. The zero-order chi connectivity index (χ0) is 15.1. The second-order valence-corrected chi connectivity index (χ2v) is 5.25. The number of fused-ring (bicyclic) bond motifs is 2. The molecule has 0 spiro atoms. The van der Waals surface area contributed by atoms with Gasteiger partial charge in [0.15, 0.2) is 17.8 Å². The van der Waals surface area contributed by atoms with Gasteiger partial charge in [-0.05, 0) is 42.8 Å². The molecule has 5 nitrogen and oxygen atoms in total. The normalized spacial score (nSPS) is 13.3. The molecule has 1 aliphatic heterocycles. The van der Waals surface area contributed by atoms with Crippen LogP contribution in [0.15, 0.2) is 36.5 Å². The van der Waals surface area contributed by atoms with E-state index in [0.29, 0.717) is 30.4 Å². The van der Waals surface area contributed by atoms with Crippen LogP contribution in [0.5, 0.6) is 11.5 Å². The molecule has 22 heavy (non-hydrogen) atoms. The summed E-state index contributed by atoms with van der Waals surface area (Å²) in [6.07, 6.45) is 2.70. The molecule has 0 amide bonds. The molecule has 0 saturated heterocycles. The van der Waals surface area contributed by atoms with Crippen LogP contribution < -0.4 is 9.47 Å². The maximum absolute atomic E-state index is 11.5. The van der Waals surface area contributed by atoms with Gasteiger partial charge in [0.1, 0.15) is 30.2 Å². The van der Waals surface area contributed by atoms with Crippen LogP contribution in [0.2, 0.25) is 0 Å². The zero-order valence-corrected chi connectivity index (χ0v) is 12.1. The Kier molecular flexibility index (Phi) is 2.85. The summed E-state index contributed by atoms with van der Waals surface area (Å²) in [4.78, 5) is 16.1. The van der Waals surface area contributed by atoms with Crippen LogP contribution in [0, 0.1) is 6.92 Å². The van der Waals surface area contributed by atoms with Crippen LogP contribution in [-0.2, 0) is 0 Å². The maximum Gasteiger partial charge on any atom is 0.169 e. The van der Waals surface area contributed by atoms with E-state index in [2.05, 4.69) is 4.98 Å². The van der Waals surface area contributed by atoms with Crippen LogP contribution >= 0.6 is 0 Å². The number of carbonyl (C=O) groups is 1. The van der Waals surface area contributed by atoms with Gasteiger partial charge in [-0.1, -0.05) is 0 Å². The highest BCUT2D eigenvalue weighted by atomic mass is 16.6. The summed E-state index contributed by atoms with van der Waals surface area (Å²) in [5.74, 6) is 1.41. The Morgan fingerprint density at radius 2 is 1.95 bits per heavy atom. The van der Waals surface area contributed by atoms with Crippen LogP contribution in [0.3, 0.4) is 0 Å². The maximum atomic E-state index is 11.5. The molecule has 5 heteroatoms. The fourth-order valence-electron chi connectivity index (χ4n) is 2.68. The van der Waals surface area contributed by atoms with Crippen molar-refractivity contribution in [3.63, 3.8) is 0 Å². The lowest BCUT2D eigenvalue weighted by molar-refractivity contribution is 0.111. The second-order valence-electron chi connectivity index (χ2n) is 5.25. The predicted molar refractivity (Wildman–Crippen MR) is 81.7 cm³/mol. The Hall–Kier alpha value is -2.82. The van der Waals surface area contributed by atoms with Gasteiger partial charge in [-0.15, -0.1) is 0 Å². The third-order valence-electron chi connectivity index (χ3n) is 3.75. The first-order valence-electron chi connectivity index (χ1n) is 7.10. The van der Waals surface area contributed by atoms with Gasteiger partial charge in [-0.25, -0.2) is 4.98 Å². The van der Waals surface area contributed by atoms with Crippen molar-refractivity contribution >= 4 is 11.9 Å². The predicted octanol–water partition coefficient (Wildman–Crippen LogP) is 2.89. The SMILES string of the molecule is Cc1ccn2c(C=O)c(-c3ccc4c(c3)OCCO4)nc2c1. The van der Waals surface area contributed by atoms with E-state index in [1.165, 1.54) is 0 Å². The molecule has 0 unspecified atom stereocenters. The lowest BCUT2D eigenvalue weighted by Crippen LogP contribution is -2.15. The van der Waals surface area contributed by atoms with E-state index in [0.717, 1.165) is 28.8 Å². The fraction of sp³-hybridized carbons (Fsp3) is 0.176. The topological polar surface area (TPSA) is 52.8 Å². The first-order chi connectivity index (χ1) is 10.8. The lowest BCUT2D eigenvalue weighted by atomic mass is 10.1. The van der Waals surface area contributed by atoms with Crippen molar-refractivity contribution in [1.29, 1.82) is 0 Å². The van der Waals surface area contributed by atoms with E-state index >= 15 is 0 Å². The Labute approximate surface area is 127 Å². The van der Waals surface area contributed by atoms with Crippen molar-refractivity contribution in [3.8, 4) is 22.8 Å². The summed E-state index contributed by atoms with van der Waals surface area (Å²) in [5, 5.41) is 0. The Bertz CT molecular complexity index is 883. The standard InChI is InChI=1S/C17H14N2O3/c1-11-4-5-19-13(10-20)17(18-16(19)8-11)12-2-3-14-15(9-12)22-7-6-21-14/h2-5,8-10H,6-7H2,1H3. The highest BCUT2D eigenvalue weighted by Crippen LogP contribution is 2.35. The minimum absolute atomic E-state index is 0.529. The first-order valence-corrected chi connectivity index (χ1v) is 7.10. The highest BCUT2D eigenvalue weighted by molar-refractivity contribution is 5.86. The summed E-state index contributed by atoms with van der Waals surface area (Å²) in [7, 11) is 0. The summed E-state index contributed by atoms with van der Waals surface area (Å²) in [6.45, 7) is 3.08. The molecule has 0 aliphatic carbocycles. The highest BCUT2D eigenvalue weighted by Gasteiger charge is 2.17. The number of ether oxygens (including phenoxy) is 2. The molecule has 2 aromatic heterocycles. The van der Waals surface area contributed by atoms with Gasteiger partial charge in [0.2, 0.25) is 0 Å². The molecule has 0 radical (unpaired) electrons. The molecule has 0 fully saturated rings. The third kappa shape index (κ3) is 1.94. The monoisotopic (exact) mass is 294 g/mol. The number of aldehydes is 1. The number of benzene rings is 1. The number of rotatable bonds is 2. The van der Waals surface area contributed by atoms with E-state index in [9.17, 15) is 4.79 Å². The van der Waals surface area contributed by atoms with Gasteiger partial charge in [0.05, 0.1) is 0 Å². The minimum Gasteiger partial charge on any atom is -0.486 e. The fourth-order valence-corrected chi connectivity index (χ4v) is 2.68. The molecule has 110 valence electrons. The number of hydrogen-bond donors (Lipinski definition) is 0. The molecule has 0 bridgehead atoms. The number of hydrogen-bond acceptors (Lipinski definition) is 4. The van der Waals surface area contributed by atoms with Gasteiger partial charge in [0.25, 0.3) is 0 Å². The van der Waals surface area contributed by atoms with Crippen molar-refractivity contribution in [3.05, 3.63) is 47.8 Å². The molecule has 0 saturated carbocycles. The van der Waals surface area contributed by atoms with E-state index in [-0.39, 0.29) is 0 Å². The summed E-state index contributed by atoms with van der Waals surface area (Å²) in [5.41, 5.74) is 3.88. The smallest absolute Gasteiger partial charge is 0.169 e. The van der Waals surface area contributed by atoms with Crippen LogP contribution in [0.1, 0.15) is 16.1 Å². The Morgan fingerprint density at radius 1 is 1.14 bits per heavy atom. The molecule has 4 rings (SSSR count). The minimum atomic E-state index is 0.529. The zero-order valence-electron chi connectivity index (χ0n) is 12.1. The van der Waals surface area contributed by atoms with Crippen LogP contribution in [-0.4, -0.2) is 28.9 Å². The molecule has 0 atom stereocenters.